The summed E-state index contributed by atoms with van der Waals surface area (Å²) in [7, 11) is 1.50. The van der Waals surface area contributed by atoms with E-state index in [1.54, 1.807) is 0 Å². The van der Waals surface area contributed by atoms with Crippen LogP contribution in [0.15, 0.2) is 0 Å². The third-order valence-electron chi connectivity index (χ3n) is 2.63. The fourth-order valence-electron chi connectivity index (χ4n) is 1.49. The highest BCUT2D eigenvalue weighted by Gasteiger charge is 2.63. The lowest BCUT2D eigenvalue weighted by Gasteiger charge is -2.26. The number of halogens is 3. The topological polar surface area (TPSA) is 21.3 Å². The first-order chi connectivity index (χ1) is 6.45. The maximum atomic E-state index is 12.5. The van der Waals surface area contributed by atoms with Gasteiger partial charge in [0.15, 0.2) is 0 Å². The first-order valence-corrected chi connectivity index (χ1v) is 4.78. The van der Waals surface area contributed by atoms with Gasteiger partial charge in [-0.2, -0.15) is 13.2 Å². The van der Waals surface area contributed by atoms with Gasteiger partial charge in [0.25, 0.3) is 0 Å². The molecule has 1 aliphatic carbocycles. The first kappa shape index (κ1) is 11.8. The van der Waals surface area contributed by atoms with Crippen molar-refractivity contribution in [3.63, 3.8) is 0 Å². The van der Waals surface area contributed by atoms with E-state index in [1.807, 2.05) is 6.92 Å². The number of rotatable bonds is 5. The molecule has 1 rings (SSSR count). The Hall–Kier alpha value is -0.290. The van der Waals surface area contributed by atoms with Crippen molar-refractivity contribution in [2.24, 2.45) is 0 Å². The Kier molecular flexibility index (Phi) is 3.42. The summed E-state index contributed by atoms with van der Waals surface area (Å²) in [6, 6.07) is -0.205. The quantitative estimate of drug-likeness (QED) is 0.751. The normalized spacial score (nSPS) is 22.1. The lowest BCUT2D eigenvalue weighted by molar-refractivity contribution is -0.168. The Labute approximate surface area is 81.8 Å². The molecule has 0 aromatic heterocycles. The predicted molar refractivity (Wildman–Crippen MR) is 47.1 cm³/mol. The van der Waals surface area contributed by atoms with Crippen LogP contribution >= 0.6 is 0 Å². The van der Waals surface area contributed by atoms with Crippen LogP contribution in [0.2, 0.25) is 0 Å². The van der Waals surface area contributed by atoms with E-state index in [9.17, 15) is 13.2 Å². The number of nitrogens with one attached hydrogen (secondary N) is 1. The van der Waals surface area contributed by atoms with Crippen LogP contribution in [0, 0.1) is 0 Å². The molecule has 5 heteroatoms. The second-order valence-corrected chi connectivity index (χ2v) is 3.78. The summed E-state index contributed by atoms with van der Waals surface area (Å²) in [6.07, 6.45) is -3.10. The van der Waals surface area contributed by atoms with E-state index in [1.165, 1.54) is 7.11 Å². The Morgan fingerprint density at radius 2 is 2.00 bits per heavy atom. The SMILES string of the molecule is CCC(COC)NC1(C(F)(F)F)CC1. The second-order valence-electron chi connectivity index (χ2n) is 3.78. The van der Waals surface area contributed by atoms with E-state index in [4.69, 9.17) is 4.74 Å². The van der Waals surface area contributed by atoms with E-state index in [2.05, 4.69) is 5.32 Å². The number of hydrogen-bond donors (Lipinski definition) is 1. The summed E-state index contributed by atoms with van der Waals surface area (Å²) in [5, 5.41) is 2.64. The minimum atomic E-state index is -4.13. The van der Waals surface area contributed by atoms with Crippen LogP contribution in [0.1, 0.15) is 26.2 Å². The largest absolute Gasteiger partial charge is 0.406 e. The molecule has 0 spiro atoms. The molecule has 0 saturated heterocycles. The average Bonchev–Trinajstić information content (AvgIpc) is 2.83. The van der Waals surface area contributed by atoms with Crippen LogP contribution in [0.5, 0.6) is 0 Å². The van der Waals surface area contributed by atoms with E-state index >= 15 is 0 Å². The Bertz CT molecular complexity index is 189. The molecule has 1 saturated carbocycles. The molecule has 1 fully saturated rings. The average molecular weight is 211 g/mol. The van der Waals surface area contributed by atoms with Gasteiger partial charge in [0, 0.05) is 13.2 Å². The van der Waals surface area contributed by atoms with Gasteiger partial charge in [0.2, 0.25) is 0 Å². The lowest BCUT2D eigenvalue weighted by Crippen LogP contribution is -2.50. The second kappa shape index (κ2) is 4.06. The van der Waals surface area contributed by atoms with Crippen molar-refractivity contribution in [2.45, 2.75) is 43.9 Å². The Morgan fingerprint density at radius 3 is 2.29 bits per heavy atom. The minimum absolute atomic E-state index is 0.191. The molecule has 84 valence electrons. The van der Waals surface area contributed by atoms with Crippen LogP contribution in [0.3, 0.4) is 0 Å². The van der Waals surface area contributed by atoms with Crippen LogP contribution in [0.25, 0.3) is 0 Å². The zero-order valence-electron chi connectivity index (χ0n) is 8.45. The lowest BCUT2D eigenvalue weighted by atomic mass is 10.1. The van der Waals surface area contributed by atoms with Crippen LogP contribution < -0.4 is 5.32 Å². The zero-order chi connectivity index (χ0) is 10.8. The smallest absolute Gasteiger partial charge is 0.383 e. The van der Waals surface area contributed by atoms with Crippen molar-refractivity contribution in [1.29, 1.82) is 0 Å². The summed E-state index contributed by atoms with van der Waals surface area (Å²) >= 11 is 0. The van der Waals surface area contributed by atoms with E-state index in [-0.39, 0.29) is 18.9 Å². The van der Waals surface area contributed by atoms with Gasteiger partial charge in [-0.1, -0.05) is 6.92 Å². The molecule has 1 unspecified atom stereocenters. The summed E-state index contributed by atoms with van der Waals surface area (Å²) in [5.41, 5.74) is -1.62. The molecule has 1 aliphatic rings. The van der Waals surface area contributed by atoms with Crippen LogP contribution in [-0.2, 0) is 4.74 Å². The summed E-state index contributed by atoms with van der Waals surface area (Å²) in [5.74, 6) is 0. The number of methoxy groups -OCH3 is 1. The summed E-state index contributed by atoms with van der Waals surface area (Å²) in [4.78, 5) is 0. The molecule has 0 aliphatic heterocycles. The summed E-state index contributed by atoms with van der Waals surface area (Å²) < 4.78 is 42.4. The number of ether oxygens (including phenoxy) is 1. The highest BCUT2D eigenvalue weighted by atomic mass is 19.4. The maximum absolute atomic E-state index is 12.5. The van der Waals surface area contributed by atoms with Crippen LogP contribution in [-0.4, -0.2) is 31.5 Å². The van der Waals surface area contributed by atoms with E-state index in [0.29, 0.717) is 13.0 Å². The minimum Gasteiger partial charge on any atom is -0.383 e. The van der Waals surface area contributed by atoms with Gasteiger partial charge in [-0.3, -0.25) is 5.32 Å². The van der Waals surface area contributed by atoms with Gasteiger partial charge in [0.05, 0.1) is 6.61 Å². The molecule has 0 aromatic carbocycles. The summed E-state index contributed by atoms with van der Waals surface area (Å²) in [6.45, 7) is 2.18. The van der Waals surface area contributed by atoms with Crippen molar-refractivity contribution in [3.8, 4) is 0 Å². The van der Waals surface area contributed by atoms with Gasteiger partial charge in [0.1, 0.15) is 5.54 Å². The van der Waals surface area contributed by atoms with Crippen LogP contribution in [0.4, 0.5) is 13.2 Å². The van der Waals surface area contributed by atoms with E-state index in [0.717, 1.165) is 0 Å². The van der Waals surface area contributed by atoms with Gasteiger partial charge in [-0.05, 0) is 19.3 Å². The standard InChI is InChI=1S/C9H16F3NO/c1-3-7(6-14-2)13-8(4-5-8)9(10,11)12/h7,13H,3-6H2,1-2H3. The molecule has 0 bridgehead atoms. The fourth-order valence-corrected chi connectivity index (χ4v) is 1.49. The maximum Gasteiger partial charge on any atom is 0.406 e. The van der Waals surface area contributed by atoms with Crippen molar-refractivity contribution in [2.75, 3.05) is 13.7 Å². The highest BCUT2D eigenvalue weighted by molar-refractivity contribution is 5.09. The van der Waals surface area contributed by atoms with Crippen molar-refractivity contribution in [1.82, 2.24) is 5.32 Å². The molecule has 0 amide bonds. The molecular weight excluding hydrogens is 195 g/mol. The molecule has 1 N–H and O–H groups in total. The third kappa shape index (κ3) is 2.39. The third-order valence-corrected chi connectivity index (χ3v) is 2.63. The number of hydrogen-bond acceptors (Lipinski definition) is 2. The molecule has 2 nitrogen and oxygen atoms in total. The Balaban J connectivity index is 2.50. The predicted octanol–water partition coefficient (Wildman–Crippen LogP) is 2.10. The van der Waals surface area contributed by atoms with Crippen molar-refractivity contribution in [3.05, 3.63) is 0 Å². The first-order valence-electron chi connectivity index (χ1n) is 4.78. The monoisotopic (exact) mass is 211 g/mol. The Morgan fingerprint density at radius 1 is 1.43 bits per heavy atom. The molecule has 14 heavy (non-hydrogen) atoms. The molecule has 0 radical (unpaired) electrons. The molecule has 0 heterocycles. The van der Waals surface area contributed by atoms with Crippen molar-refractivity contribution >= 4 is 0 Å². The van der Waals surface area contributed by atoms with Gasteiger partial charge in [-0.25, -0.2) is 0 Å². The van der Waals surface area contributed by atoms with E-state index < -0.39 is 11.7 Å². The molecule has 0 aromatic rings. The van der Waals surface area contributed by atoms with Gasteiger partial charge in [-0.15, -0.1) is 0 Å². The molecule has 1 atom stereocenters. The number of alkyl halides is 3. The van der Waals surface area contributed by atoms with Crippen molar-refractivity contribution < 1.29 is 17.9 Å². The molecular formula is C9H16F3NO. The highest BCUT2D eigenvalue weighted by Crippen LogP contribution is 2.49. The van der Waals surface area contributed by atoms with Gasteiger partial charge >= 0.3 is 6.18 Å². The fraction of sp³-hybridized carbons (Fsp3) is 1.00. The van der Waals surface area contributed by atoms with Gasteiger partial charge < -0.3 is 4.74 Å². The zero-order valence-corrected chi connectivity index (χ0v) is 8.45.